The first-order valence-electron chi connectivity index (χ1n) is 10.2. The number of likely N-dealkylation sites (N-methyl/N-ethyl adjacent to an activating group) is 1. The standard InChI is InChI=1S/C21H29N3O5S/c1-22(17-20(25)23-12-14-29-15-13-23)21(26)19-7-10-24(11-8-19)30(27,28)16-9-18-5-3-2-4-6-18/h2-6,9,16,19H,7-8,10-15,17H2,1H3/b16-9+. The maximum Gasteiger partial charge on any atom is 0.242 e. The minimum Gasteiger partial charge on any atom is -0.378 e. The van der Waals surface area contributed by atoms with Crippen molar-refractivity contribution in [3.63, 3.8) is 0 Å². The largest absolute Gasteiger partial charge is 0.378 e. The van der Waals surface area contributed by atoms with Crippen LogP contribution in [0.1, 0.15) is 18.4 Å². The zero-order valence-corrected chi connectivity index (χ0v) is 18.1. The molecule has 0 aliphatic carbocycles. The van der Waals surface area contributed by atoms with Crippen LogP contribution in [0.15, 0.2) is 35.7 Å². The molecule has 8 nitrogen and oxygen atoms in total. The van der Waals surface area contributed by atoms with Gasteiger partial charge in [-0.3, -0.25) is 9.59 Å². The molecule has 9 heteroatoms. The highest BCUT2D eigenvalue weighted by molar-refractivity contribution is 7.92. The molecule has 1 aromatic carbocycles. The smallest absolute Gasteiger partial charge is 0.242 e. The van der Waals surface area contributed by atoms with Gasteiger partial charge in [0.1, 0.15) is 0 Å². The highest BCUT2D eigenvalue weighted by Crippen LogP contribution is 2.22. The van der Waals surface area contributed by atoms with Crippen LogP contribution in [-0.4, -0.2) is 87.3 Å². The van der Waals surface area contributed by atoms with Gasteiger partial charge < -0.3 is 14.5 Å². The first-order chi connectivity index (χ1) is 14.4. The van der Waals surface area contributed by atoms with Crippen molar-refractivity contribution in [2.24, 2.45) is 5.92 Å². The Kier molecular flexibility index (Phi) is 7.63. The number of nitrogens with zero attached hydrogens (tertiary/aromatic N) is 3. The summed E-state index contributed by atoms with van der Waals surface area (Å²) in [6.07, 6.45) is 2.48. The summed E-state index contributed by atoms with van der Waals surface area (Å²) < 4.78 is 31.8. The predicted octanol–water partition coefficient (Wildman–Crippen LogP) is 1.02. The van der Waals surface area contributed by atoms with Crippen LogP contribution in [0.4, 0.5) is 0 Å². The number of carbonyl (C=O) groups is 2. The van der Waals surface area contributed by atoms with Crippen molar-refractivity contribution in [1.82, 2.24) is 14.1 Å². The van der Waals surface area contributed by atoms with Gasteiger partial charge >= 0.3 is 0 Å². The van der Waals surface area contributed by atoms with Crippen LogP contribution < -0.4 is 0 Å². The lowest BCUT2D eigenvalue weighted by atomic mass is 9.96. The van der Waals surface area contributed by atoms with E-state index in [4.69, 9.17) is 4.74 Å². The van der Waals surface area contributed by atoms with E-state index in [0.29, 0.717) is 52.2 Å². The number of rotatable bonds is 6. The maximum absolute atomic E-state index is 12.7. The Morgan fingerprint density at radius 3 is 2.37 bits per heavy atom. The van der Waals surface area contributed by atoms with Crippen LogP contribution in [0, 0.1) is 5.92 Å². The zero-order valence-electron chi connectivity index (χ0n) is 17.3. The molecule has 0 radical (unpaired) electrons. The average molecular weight is 436 g/mol. The highest BCUT2D eigenvalue weighted by atomic mass is 32.2. The van der Waals surface area contributed by atoms with E-state index >= 15 is 0 Å². The summed E-state index contributed by atoms with van der Waals surface area (Å²) in [5, 5.41) is 1.22. The summed E-state index contributed by atoms with van der Waals surface area (Å²) in [5.41, 5.74) is 0.817. The number of benzene rings is 1. The van der Waals surface area contributed by atoms with Gasteiger partial charge in [0.25, 0.3) is 0 Å². The number of amides is 2. The Morgan fingerprint density at radius 1 is 1.10 bits per heavy atom. The topological polar surface area (TPSA) is 87.2 Å². The van der Waals surface area contributed by atoms with E-state index in [9.17, 15) is 18.0 Å². The molecule has 2 aliphatic rings. The molecule has 2 amide bonds. The van der Waals surface area contributed by atoms with Crippen LogP contribution in [-0.2, 0) is 24.3 Å². The predicted molar refractivity (Wildman–Crippen MR) is 114 cm³/mol. The molecule has 0 saturated carbocycles. The molecule has 2 saturated heterocycles. The fourth-order valence-corrected chi connectivity index (χ4v) is 4.90. The van der Waals surface area contributed by atoms with Gasteiger partial charge in [-0.2, -0.15) is 4.31 Å². The lowest BCUT2D eigenvalue weighted by Crippen LogP contribution is -2.48. The molecule has 0 atom stereocenters. The third kappa shape index (κ3) is 5.90. The Balaban J connectivity index is 1.49. The van der Waals surface area contributed by atoms with Crippen molar-refractivity contribution in [3.05, 3.63) is 41.3 Å². The molecule has 0 aromatic heterocycles. The van der Waals surface area contributed by atoms with E-state index in [-0.39, 0.29) is 24.3 Å². The summed E-state index contributed by atoms with van der Waals surface area (Å²) in [4.78, 5) is 28.3. The number of piperidine rings is 1. The lowest BCUT2D eigenvalue weighted by molar-refractivity contribution is -0.144. The zero-order chi connectivity index (χ0) is 21.6. The second-order valence-corrected chi connectivity index (χ2v) is 9.44. The van der Waals surface area contributed by atoms with Gasteiger partial charge in [0.2, 0.25) is 21.8 Å². The van der Waals surface area contributed by atoms with Gasteiger partial charge in [-0.15, -0.1) is 0 Å². The van der Waals surface area contributed by atoms with Crippen LogP contribution in [0.3, 0.4) is 0 Å². The summed E-state index contributed by atoms with van der Waals surface area (Å²) in [5.74, 6) is -0.453. The molecule has 2 aliphatic heterocycles. The van der Waals surface area contributed by atoms with Gasteiger partial charge in [0.15, 0.2) is 0 Å². The molecule has 30 heavy (non-hydrogen) atoms. The third-order valence-corrected chi connectivity index (χ3v) is 7.07. The Morgan fingerprint density at radius 2 is 1.73 bits per heavy atom. The first kappa shape index (κ1) is 22.5. The van der Waals surface area contributed by atoms with E-state index in [2.05, 4.69) is 0 Å². The minimum absolute atomic E-state index is 0.0388. The normalized spacial score (nSPS) is 19.2. The molecule has 0 bridgehead atoms. The number of hydrogen-bond donors (Lipinski definition) is 0. The highest BCUT2D eigenvalue weighted by Gasteiger charge is 2.32. The van der Waals surface area contributed by atoms with Crippen molar-refractivity contribution < 1.29 is 22.7 Å². The van der Waals surface area contributed by atoms with E-state index in [1.807, 2.05) is 30.3 Å². The van der Waals surface area contributed by atoms with E-state index in [0.717, 1.165) is 5.56 Å². The quantitative estimate of drug-likeness (QED) is 0.666. The van der Waals surface area contributed by atoms with Crippen LogP contribution >= 0.6 is 0 Å². The third-order valence-electron chi connectivity index (χ3n) is 5.51. The van der Waals surface area contributed by atoms with Crippen LogP contribution in [0.5, 0.6) is 0 Å². The molecule has 0 unspecified atom stereocenters. The van der Waals surface area contributed by atoms with Gasteiger partial charge in [-0.1, -0.05) is 30.3 Å². The molecule has 2 heterocycles. The molecule has 0 spiro atoms. The van der Waals surface area contributed by atoms with Gasteiger partial charge in [0.05, 0.1) is 19.8 Å². The van der Waals surface area contributed by atoms with Crippen molar-refractivity contribution >= 4 is 27.9 Å². The van der Waals surface area contributed by atoms with Crippen molar-refractivity contribution in [2.75, 3.05) is 53.0 Å². The first-order valence-corrected chi connectivity index (χ1v) is 11.7. The second kappa shape index (κ2) is 10.2. The molecule has 164 valence electrons. The summed E-state index contributed by atoms with van der Waals surface area (Å²) >= 11 is 0. The van der Waals surface area contributed by atoms with Gasteiger partial charge in [-0.25, -0.2) is 8.42 Å². The van der Waals surface area contributed by atoms with Gasteiger partial charge in [-0.05, 0) is 24.5 Å². The molecule has 0 N–H and O–H groups in total. The van der Waals surface area contributed by atoms with E-state index < -0.39 is 10.0 Å². The van der Waals surface area contributed by atoms with Crippen molar-refractivity contribution in [1.29, 1.82) is 0 Å². The number of ether oxygens (including phenoxy) is 1. The fourth-order valence-electron chi connectivity index (χ4n) is 3.68. The monoisotopic (exact) mass is 435 g/mol. The minimum atomic E-state index is -3.53. The average Bonchev–Trinajstić information content (AvgIpc) is 2.78. The van der Waals surface area contributed by atoms with Crippen molar-refractivity contribution in [3.8, 4) is 0 Å². The molecular formula is C21H29N3O5S. The number of carbonyl (C=O) groups excluding carboxylic acids is 2. The van der Waals surface area contributed by atoms with Crippen molar-refractivity contribution in [2.45, 2.75) is 12.8 Å². The molecule has 1 aromatic rings. The summed E-state index contributed by atoms with van der Waals surface area (Å²) in [6.45, 7) is 2.77. The maximum atomic E-state index is 12.7. The molecular weight excluding hydrogens is 406 g/mol. The summed E-state index contributed by atoms with van der Waals surface area (Å²) in [6, 6.07) is 9.25. The lowest BCUT2D eigenvalue weighted by Gasteiger charge is -2.33. The fraction of sp³-hybridized carbons (Fsp3) is 0.524. The molecule has 3 rings (SSSR count). The van der Waals surface area contributed by atoms with Crippen LogP contribution in [0.25, 0.3) is 6.08 Å². The van der Waals surface area contributed by atoms with Crippen LogP contribution in [0.2, 0.25) is 0 Å². The van der Waals surface area contributed by atoms with E-state index in [1.54, 1.807) is 18.0 Å². The Bertz CT molecular complexity index is 858. The Labute approximate surface area is 178 Å². The number of hydrogen-bond acceptors (Lipinski definition) is 5. The molecule has 2 fully saturated rings. The summed E-state index contributed by atoms with van der Waals surface area (Å²) in [7, 11) is -1.90. The van der Waals surface area contributed by atoms with E-state index in [1.165, 1.54) is 14.6 Å². The Hall–Kier alpha value is -2.23. The number of morpholine rings is 1. The SMILES string of the molecule is CN(CC(=O)N1CCOCC1)C(=O)C1CCN(S(=O)(=O)/C=C/c2ccccc2)CC1. The number of sulfonamides is 1. The van der Waals surface area contributed by atoms with Gasteiger partial charge in [0, 0.05) is 44.6 Å². The second-order valence-electron chi connectivity index (χ2n) is 7.62.